The van der Waals surface area contributed by atoms with Gasteiger partial charge in [-0.25, -0.2) is 0 Å². The van der Waals surface area contributed by atoms with E-state index in [4.69, 9.17) is 32.7 Å². The molecule has 2 saturated heterocycles. The molecule has 1 amide bonds. The van der Waals surface area contributed by atoms with Crippen molar-refractivity contribution in [2.75, 3.05) is 46.0 Å². The van der Waals surface area contributed by atoms with E-state index < -0.39 is 17.7 Å². The number of aliphatic hydroxyl groups excluding tert-OH is 1. The minimum absolute atomic E-state index is 0.00430. The van der Waals surface area contributed by atoms with Gasteiger partial charge in [0.1, 0.15) is 18.1 Å². The predicted octanol–water partition coefficient (Wildman–Crippen LogP) is 4.70. The molecule has 2 aromatic carbocycles. The zero-order valence-electron chi connectivity index (χ0n) is 19.8. The summed E-state index contributed by atoms with van der Waals surface area (Å²) in [5, 5.41) is 12.0. The summed E-state index contributed by atoms with van der Waals surface area (Å²) in [5.41, 5.74) is 0.914. The summed E-state index contributed by atoms with van der Waals surface area (Å²) < 4.78 is 10.9. The number of benzene rings is 2. The number of likely N-dealkylation sites (tertiary alicyclic amines) is 1. The SMILES string of the molecule is C=CCOc1ccc(/C(O)=C2\C(=O)C(=O)N(CCCN3CCOCC3)C2c2ccc(Cl)cc2Cl)cc1. The zero-order chi connectivity index (χ0) is 25.7. The fourth-order valence-electron chi connectivity index (χ4n) is 4.47. The molecular weight excluding hydrogens is 503 g/mol. The van der Waals surface area contributed by atoms with Crippen LogP contribution in [0.3, 0.4) is 0 Å². The van der Waals surface area contributed by atoms with Gasteiger partial charge in [-0.3, -0.25) is 14.5 Å². The quantitative estimate of drug-likeness (QED) is 0.219. The minimum Gasteiger partial charge on any atom is -0.507 e. The van der Waals surface area contributed by atoms with Gasteiger partial charge in [-0.15, -0.1) is 0 Å². The third-order valence-electron chi connectivity index (χ3n) is 6.27. The van der Waals surface area contributed by atoms with E-state index in [1.165, 1.54) is 4.90 Å². The lowest BCUT2D eigenvalue weighted by Crippen LogP contribution is -2.39. The molecule has 9 heteroatoms. The fourth-order valence-corrected chi connectivity index (χ4v) is 4.98. The molecule has 36 heavy (non-hydrogen) atoms. The number of halogens is 2. The monoisotopic (exact) mass is 530 g/mol. The first-order valence-electron chi connectivity index (χ1n) is 11.8. The Kier molecular flexibility index (Phi) is 8.69. The number of hydrogen-bond donors (Lipinski definition) is 1. The highest BCUT2D eigenvalue weighted by Crippen LogP contribution is 2.42. The Balaban J connectivity index is 1.67. The molecule has 1 unspecified atom stereocenters. The van der Waals surface area contributed by atoms with Crippen molar-refractivity contribution in [3.8, 4) is 5.75 Å². The molecule has 0 bridgehead atoms. The van der Waals surface area contributed by atoms with Crippen molar-refractivity contribution < 1.29 is 24.2 Å². The topological polar surface area (TPSA) is 79.3 Å². The number of rotatable bonds is 9. The van der Waals surface area contributed by atoms with Gasteiger partial charge in [-0.05, 0) is 48.4 Å². The Bertz CT molecular complexity index is 1160. The average molecular weight is 531 g/mol. The summed E-state index contributed by atoms with van der Waals surface area (Å²) in [6, 6.07) is 10.7. The first-order valence-corrected chi connectivity index (χ1v) is 12.5. The van der Waals surface area contributed by atoms with Gasteiger partial charge in [0.2, 0.25) is 0 Å². The highest BCUT2D eigenvalue weighted by molar-refractivity contribution is 6.47. The van der Waals surface area contributed by atoms with Crippen LogP contribution in [0.1, 0.15) is 23.6 Å². The molecule has 0 saturated carbocycles. The van der Waals surface area contributed by atoms with Crippen LogP contribution in [-0.4, -0.2) is 72.6 Å². The van der Waals surface area contributed by atoms with E-state index in [9.17, 15) is 14.7 Å². The number of morpholine rings is 1. The van der Waals surface area contributed by atoms with Crippen molar-refractivity contribution in [3.63, 3.8) is 0 Å². The number of ketones is 1. The van der Waals surface area contributed by atoms with Gasteiger partial charge in [-0.2, -0.15) is 0 Å². The first kappa shape index (κ1) is 26.2. The highest BCUT2D eigenvalue weighted by atomic mass is 35.5. The molecule has 190 valence electrons. The molecule has 4 rings (SSSR count). The van der Waals surface area contributed by atoms with Crippen LogP contribution < -0.4 is 4.74 Å². The number of carbonyl (C=O) groups is 2. The van der Waals surface area contributed by atoms with E-state index >= 15 is 0 Å². The normalized spacial score (nSPS) is 20.1. The lowest BCUT2D eigenvalue weighted by atomic mass is 9.95. The lowest BCUT2D eigenvalue weighted by Gasteiger charge is -2.29. The molecule has 2 aliphatic rings. The molecule has 1 N–H and O–H groups in total. The number of amides is 1. The van der Waals surface area contributed by atoms with Crippen LogP contribution in [0.4, 0.5) is 0 Å². The maximum atomic E-state index is 13.2. The Labute approximate surface area is 220 Å². The Morgan fingerprint density at radius 3 is 2.50 bits per heavy atom. The third kappa shape index (κ3) is 5.76. The Hall–Kier alpha value is -2.84. The summed E-state index contributed by atoms with van der Waals surface area (Å²) >= 11 is 12.6. The van der Waals surface area contributed by atoms with Gasteiger partial charge in [0, 0.05) is 41.8 Å². The van der Waals surface area contributed by atoms with E-state index in [-0.39, 0.29) is 11.3 Å². The van der Waals surface area contributed by atoms with E-state index in [0.29, 0.717) is 59.7 Å². The molecular formula is C27H28Cl2N2O5. The first-order chi connectivity index (χ1) is 17.4. The van der Waals surface area contributed by atoms with Gasteiger partial charge in [0.05, 0.1) is 24.8 Å². The van der Waals surface area contributed by atoms with Crippen molar-refractivity contribution in [2.45, 2.75) is 12.5 Å². The van der Waals surface area contributed by atoms with Crippen LogP contribution in [0, 0.1) is 0 Å². The van der Waals surface area contributed by atoms with Crippen LogP contribution in [0.5, 0.6) is 5.75 Å². The van der Waals surface area contributed by atoms with Gasteiger partial charge in [0.15, 0.2) is 0 Å². The van der Waals surface area contributed by atoms with Crippen LogP contribution >= 0.6 is 23.2 Å². The second-order valence-electron chi connectivity index (χ2n) is 8.59. The molecule has 0 aromatic heterocycles. The Morgan fingerprint density at radius 2 is 1.83 bits per heavy atom. The van der Waals surface area contributed by atoms with Crippen molar-refractivity contribution in [1.82, 2.24) is 9.80 Å². The maximum absolute atomic E-state index is 13.2. The number of ether oxygens (including phenoxy) is 2. The molecule has 2 heterocycles. The molecule has 2 aromatic rings. The van der Waals surface area contributed by atoms with Crippen molar-refractivity contribution >= 4 is 40.7 Å². The number of hydrogen-bond acceptors (Lipinski definition) is 6. The standard InChI is InChI=1S/C27H28Cl2N2O5/c1-2-14-36-20-7-4-18(5-8-20)25(32)23-24(21-9-6-19(28)17-22(21)29)31(27(34)26(23)33)11-3-10-30-12-15-35-16-13-30/h2,4-9,17,24,32H,1,3,10-16H2/b25-23+. The maximum Gasteiger partial charge on any atom is 0.295 e. The van der Waals surface area contributed by atoms with Crippen LogP contribution in [-0.2, 0) is 14.3 Å². The summed E-state index contributed by atoms with van der Waals surface area (Å²) in [4.78, 5) is 30.1. The number of Topliss-reactive ketones (excluding diaryl/α,β-unsaturated/α-hetero) is 1. The summed E-state index contributed by atoms with van der Waals surface area (Å²) in [7, 11) is 0. The molecule has 0 spiro atoms. The average Bonchev–Trinajstić information content (AvgIpc) is 3.13. The molecule has 2 fully saturated rings. The highest BCUT2D eigenvalue weighted by Gasteiger charge is 2.46. The molecule has 0 radical (unpaired) electrons. The van der Waals surface area contributed by atoms with Crippen molar-refractivity contribution in [3.05, 3.63) is 81.9 Å². The third-order valence-corrected chi connectivity index (χ3v) is 6.83. The summed E-state index contributed by atoms with van der Waals surface area (Å²) in [6.07, 6.45) is 2.29. The van der Waals surface area contributed by atoms with E-state index in [2.05, 4.69) is 11.5 Å². The van der Waals surface area contributed by atoms with Crippen molar-refractivity contribution in [2.24, 2.45) is 0 Å². The van der Waals surface area contributed by atoms with Gasteiger partial charge in [-0.1, -0.05) is 41.9 Å². The lowest BCUT2D eigenvalue weighted by molar-refractivity contribution is -0.140. The number of carbonyl (C=O) groups excluding carboxylic acids is 2. The number of aliphatic hydroxyl groups is 1. The van der Waals surface area contributed by atoms with E-state index in [0.717, 1.165) is 19.6 Å². The second kappa shape index (κ2) is 11.9. The van der Waals surface area contributed by atoms with Crippen LogP contribution in [0.15, 0.2) is 60.7 Å². The largest absolute Gasteiger partial charge is 0.507 e. The smallest absolute Gasteiger partial charge is 0.295 e. The molecule has 7 nitrogen and oxygen atoms in total. The van der Waals surface area contributed by atoms with Gasteiger partial charge in [0.25, 0.3) is 11.7 Å². The number of nitrogens with zero attached hydrogens (tertiary/aromatic N) is 2. The van der Waals surface area contributed by atoms with Gasteiger partial charge < -0.3 is 19.5 Å². The van der Waals surface area contributed by atoms with Crippen LogP contribution in [0.2, 0.25) is 10.0 Å². The second-order valence-corrected chi connectivity index (χ2v) is 9.43. The van der Waals surface area contributed by atoms with E-state index in [1.54, 1.807) is 48.5 Å². The molecule has 1 atom stereocenters. The fraction of sp³-hybridized carbons (Fsp3) is 0.333. The van der Waals surface area contributed by atoms with Crippen molar-refractivity contribution in [1.29, 1.82) is 0 Å². The molecule has 2 aliphatic heterocycles. The van der Waals surface area contributed by atoms with Crippen LogP contribution in [0.25, 0.3) is 5.76 Å². The molecule has 0 aliphatic carbocycles. The van der Waals surface area contributed by atoms with E-state index in [1.807, 2.05) is 0 Å². The zero-order valence-corrected chi connectivity index (χ0v) is 21.3. The summed E-state index contributed by atoms with van der Waals surface area (Å²) in [5.74, 6) is -1.09. The van der Waals surface area contributed by atoms with Gasteiger partial charge >= 0.3 is 0 Å². The Morgan fingerprint density at radius 1 is 1.11 bits per heavy atom. The minimum atomic E-state index is -0.837. The predicted molar refractivity (Wildman–Crippen MR) is 139 cm³/mol. The summed E-state index contributed by atoms with van der Waals surface area (Å²) in [6.45, 7) is 8.08.